The first-order valence-corrected chi connectivity index (χ1v) is 7.45. The number of pyridine rings is 1. The Morgan fingerprint density at radius 1 is 1.33 bits per heavy atom. The zero-order chi connectivity index (χ0) is 17.1. The second-order valence-corrected chi connectivity index (χ2v) is 5.45. The Labute approximate surface area is 138 Å². The molecule has 0 fully saturated rings. The van der Waals surface area contributed by atoms with E-state index in [2.05, 4.69) is 9.97 Å². The molecule has 0 aliphatic rings. The van der Waals surface area contributed by atoms with Crippen molar-refractivity contribution in [3.63, 3.8) is 0 Å². The second-order valence-electron chi connectivity index (χ2n) is 5.45. The van der Waals surface area contributed by atoms with Crippen molar-refractivity contribution in [1.29, 1.82) is 0 Å². The third-order valence-corrected chi connectivity index (χ3v) is 3.64. The molecule has 6 nitrogen and oxygen atoms in total. The second kappa shape index (κ2) is 6.66. The zero-order valence-electron chi connectivity index (χ0n) is 13.4. The van der Waals surface area contributed by atoms with E-state index in [1.165, 1.54) is 23.2 Å². The van der Waals surface area contributed by atoms with E-state index in [1.807, 2.05) is 7.05 Å². The van der Waals surface area contributed by atoms with Crippen LogP contribution in [-0.4, -0.2) is 45.5 Å². The smallest absolute Gasteiger partial charge is 0.255 e. The van der Waals surface area contributed by atoms with Crippen LogP contribution in [0.4, 0.5) is 4.39 Å². The standard InChI is InChI=1S/C17H17FN4O2/c1-21(6-7-24-14-5-3-4-13(18)9-14)17(23)12-8-15-16(19-10-12)22(2)11-20-15/h3-5,8-11H,6-7H2,1-2H3. The number of hydrogen-bond donors (Lipinski definition) is 0. The minimum atomic E-state index is -0.355. The van der Waals surface area contributed by atoms with Gasteiger partial charge < -0.3 is 14.2 Å². The lowest BCUT2D eigenvalue weighted by molar-refractivity contribution is 0.0773. The summed E-state index contributed by atoms with van der Waals surface area (Å²) in [7, 11) is 3.53. The molecule has 1 aromatic carbocycles. The predicted molar refractivity (Wildman–Crippen MR) is 87.4 cm³/mol. The largest absolute Gasteiger partial charge is 0.492 e. The summed E-state index contributed by atoms with van der Waals surface area (Å²) in [6.07, 6.45) is 3.19. The van der Waals surface area contributed by atoms with Gasteiger partial charge in [0.15, 0.2) is 5.65 Å². The van der Waals surface area contributed by atoms with Crippen LogP contribution < -0.4 is 4.74 Å². The third kappa shape index (κ3) is 3.34. The quantitative estimate of drug-likeness (QED) is 0.721. The molecule has 3 aromatic rings. The molecule has 2 aromatic heterocycles. The zero-order valence-corrected chi connectivity index (χ0v) is 13.4. The van der Waals surface area contributed by atoms with Gasteiger partial charge in [0.25, 0.3) is 5.91 Å². The fourth-order valence-electron chi connectivity index (χ4n) is 2.31. The normalized spacial score (nSPS) is 10.8. The lowest BCUT2D eigenvalue weighted by Gasteiger charge is -2.17. The number of rotatable bonds is 5. The number of aryl methyl sites for hydroxylation is 1. The van der Waals surface area contributed by atoms with Gasteiger partial charge in [-0.15, -0.1) is 0 Å². The molecule has 0 unspecified atom stereocenters. The summed E-state index contributed by atoms with van der Waals surface area (Å²) in [6.45, 7) is 0.639. The van der Waals surface area contributed by atoms with Gasteiger partial charge in [-0.1, -0.05) is 6.07 Å². The van der Waals surface area contributed by atoms with Crippen LogP contribution in [0, 0.1) is 5.82 Å². The van der Waals surface area contributed by atoms with E-state index in [-0.39, 0.29) is 18.3 Å². The number of ether oxygens (including phenoxy) is 1. The van der Waals surface area contributed by atoms with Gasteiger partial charge in [-0.2, -0.15) is 0 Å². The Bertz CT molecular complexity index is 878. The number of amides is 1. The fourth-order valence-corrected chi connectivity index (χ4v) is 2.31. The number of fused-ring (bicyclic) bond motifs is 1. The van der Waals surface area contributed by atoms with Crippen molar-refractivity contribution in [2.45, 2.75) is 0 Å². The number of hydrogen-bond acceptors (Lipinski definition) is 4. The summed E-state index contributed by atoms with van der Waals surface area (Å²) in [5.41, 5.74) is 1.87. The Kier molecular flexibility index (Phi) is 4.41. The summed E-state index contributed by atoms with van der Waals surface area (Å²) in [5.74, 6) is -0.0861. The number of aromatic nitrogens is 3. The molecule has 0 saturated heterocycles. The maximum atomic E-state index is 13.1. The first-order valence-electron chi connectivity index (χ1n) is 7.45. The van der Waals surface area contributed by atoms with Gasteiger partial charge >= 0.3 is 0 Å². The average Bonchev–Trinajstić information content (AvgIpc) is 2.95. The number of imidazole rings is 1. The summed E-state index contributed by atoms with van der Waals surface area (Å²) in [4.78, 5) is 22.4. The van der Waals surface area contributed by atoms with Crippen LogP contribution in [0.3, 0.4) is 0 Å². The van der Waals surface area contributed by atoms with Gasteiger partial charge in [0.05, 0.1) is 18.4 Å². The molecule has 0 saturated carbocycles. The van der Waals surface area contributed by atoms with Crippen molar-refractivity contribution >= 4 is 17.1 Å². The molecule has 0 bridgehead atoms. The maximum Gasteiger partial charge on any atom is 0.255 e. The highest BCUT2D eigenvalue weighted by Gasteiger charge is 2.14. The van der Waals surface area contributed by atoms with Crippen molar-refractivity contribution in [3.8, 4) is 5.75 Å². The molecule has 0 radical (unpaired) electrons. The predicted octanol–water partition coefficient (Wildman–Crippen LogP) is 2.26. The number of halogens is 1. The summed E-state index contributed by atoms with van der Waals surface area (Å²) >= 11 is 0. The number of nitrogens with zero attached hydrogens (tertiary/aromatic N) is 4. The number of carbonyl (C=O) groups is 1. The van der Waals surface area contributed by atoms with E-state index in [1.54, 1.807) is 36.1 Å². The van der Waals surface area contributed by atoms with Crippen LogP contribution in [0.15, 0.2) is 42.9 Å². The average molecular weight is 328 g/mol. The molecule has 0 aliphatic carbocycles. The molecule has 0 aliphatic heterocycles. The Morgan fingerprint density at radius 2 is 2.17 bits per heavy atom. The fraction of sp³-hybridized carbons (Fsp3) is 0.235. The molecular formula is C17H17FN4O2. The van der Waals surface area contributed by atoms with Gasteiger partial charge in [0.2, 0.25) is 0 Å². The molecule has 0 N–H and O–H groups in total. The first-order chi connectivity index (χ1) is 11.5. The molecule has 0 spiro atoms. The third-order valence-electron chi connectivity index (χ3n) is 3.64. The summed E-state index contributed by atoms with van der Waals surface area (Å²) < 4.78 is 20.3. The SMILES string of the molecule is CN(CCOc1cccc(F)c1)C(=O)c1cnc2c(c1)ncn2C. The highest BCUT2D eigenvalue weighted by molar-refractivity contribution is 5.96. The first kappa shape index (κ1) is 15.9. The van der Waals surface area contributed by atoms with Crippen molar-refractivity contribution < 1.29 is 13.9 Å². The topological polar surface area (TPSA) is 60.2 Å². The van der Waals surface area contributed by atoms with Crippen molar-refractivity contribution in [2.24, 2.45) is 7.05 Å². The van der Waals surface area contributed by atoms with Crippen LogP contribution >= 0.6 is 0 Å². The summed E-state index contributed by atoms with van der Waals surface area (Å²) in [6, 6.07) is 7.62. The number of likely N-dealkylation sites (N-methyl/N-ethyl adjacent to an activating group) is 1. The maximum absolute atomic E-state index is 13.1. The Hall–Kier alpha value is -2.96. The van der Waals surface area contributed by atoms with E-state index in [0.29, 0.717) is 23.4 Å². The minimum absolute atomic E-state index is 0.169. The van der Waals surface area contributed by atoms with Crippen LogP contribution in [0.2, 0.25) is 0 Å². The molecule has 24 heavy (non-hydrogen) atoms. The van der Waals surface area contributed by atoms with Crippen molar-refractivity contribution in [1.82, 2.24) is 19.4 Å². The molecule has 124 valence electrons. The van der Waals surface area contributed by atoms with E-state index < -0.39 is 0 Å². The van der Waals surface area contributed by atoms with Crippen LogP contribution in [0.5, 0.6) is 5.75 Å². The highest BCUT2D eigenvalue weighted by Crippen LogP contribution is 2.13. The van der Waals surface area contributed by atoms with Gasteiger partial charge in [0.1, 0.15) is 23.7 Å². The lowest BCUT2D eigenvalue weighted by atomic mass is 10.2. The van der Waals surface area contributed by atoms with Crippen LogP contribution in [0.1, 0.15) is 10.4 Å². The Morgan fingerprint density at radius 3 is 2.96 bits per heavy atom. The van der Waals surface area contributed by atoms with E-state index in [0.717, 1.165) is 5.65 Å². The van der Waals surface area contributed by atoms with Crippen molar-refractivity contribution in [2.75, 3.05) is 20.2 Å². The van der Waals surface area contributed by atoms with E-state index in [9.17, 15) is 9.18 Å². The molecule has 0 atom stereocenters. The van der Waals surface area contributed by atoms with Gasteiger partial charge in [-0.05, 0) is 18.2 Å². The monoisotopic (exact) mass is 328 g/mol. The highest BCUT2D eigenvalue weighted by atomic mass is 19.1. The van der Waals surface area contributed by atoms with Gasteiger partial charge in [-0.25, -0.2) is 14.4 Å². The van der Waals surface area contributed by atoms with E-state index >= 15 is 0 Å². The number of carbonyl (C=O) groups excluding carboxylic acids is 1. The van der Waals surface area contributed by atoms with Gasteiger partial charge in [-0.3, -0.25) is 4.79 Å². The molecule has 7 heteroatoms. The van der Waals surface area contributed by atoms with Crippen LogP contribution in [-0.2, 0) is 7.05 Å². The van der Waals surface area contributed by atoms with E-state index in [4.69, 9.17) is 4.74 Å². The number of benzene rings is 1. The molecule has 2 heterocycles. The minimum Gasteiger partial charge on any atom is -0.492 e. The molecule has 3 rings (SSSR count). The lowest BCUT2D eigenvalue weighted by Crippen LogP contribution is -2.31. The molecule has 1 amide bonds. The Balaban J connectivity index is 1.61. The van der Waals surface area contributed by atoms with Crippen LogP contribution in [0.25, 0.3) is 11.2 Å². The van der Waals surface area contributed by atoms with Crippen molar-refractivity contribution in [3.05, 3.63) is 54.2 Å². The molecular weight excluding hydrogens is 311 g/mol. The van der Waals surface area contributed by atoms with Gasteiger partial charge in [0, 0.05) is 26.4 Å². The summed E-state index contributed by atoms with van der Waals surface area (Å²) in [5, 5.41) is 0.